The third-order valence-electron chi connectivity index (χ3n) is 6.47. The normalized spacial score (nSPS) is 21.6. The number of H-pyrrole nitrogens is 1. The number of carbonyl (C=O) groups is 1. The predicted molar refractivity (Wildman–Crippen MR) is 121 cm³/mol. The first-order valence-corrected chi connectivity index (χ1v) is 11.4. The van der Waals surface area contributed by atoms with Crippen molar-refractivity contribution in [2.75, 3.05) is 23.3 Å². The number of benzene rings is 1. The Balaban J connectivity index is 1.38. The Hall–Kier alpha value is -3.41. The van der Waals surface area contributed by atoms with E-state index in [0.717, 1.165) is 0 Å². The van der Waals surface area contributed by atoms with Crippen LogP contribution in [0.3, 0.4) is 0 Å². The van der Waals surface area contributed by atoms with Gasteiger partial charge in [-0.05, 0) is 6.42 Å². The van der Waals surface area contributed by atoms with Crippen LogP contribution in [0, 0.1) is 11.7 Å². The second-order valence-corrected chi connectivity index (χ2v) is 9.24. The molecule has 0 bridgehead atoms. The van der Waals surface area contributed by atoms with Crippen LogP contribution in [0.5, 0.6) is 0 Å². The monoisotopic (exact) mass is 507 g/mol. The maximum atomic E-state index is 15.6. The molecule has 3 aromatic heterocycles. The van der Waals surface area contributed by atoms with E-state index in [0.29, 0.717) is 22.2 Å². The second-order valence-electron chi connectivity index (χ2n) is 8.86. The Kier molecular flexibility index (Phi) is 4.92. The highest BCUT2D eigenvalue weighted by atomic mass is 35.5. The van der Waals surface area contributed by atoms with Gasteiger partial charge in [0.25, 0.3) is 5.92 Å². The number of amides is 1. The van der Waals surface area contributed by atoms with Gasteiger partial charge in [-0.3, -0.25) is 14.9 Å². The molecule has 35 heavy (non-hydrogen) atoms. The molecule has 6 rings (SSSR count). The van der Waals surface area contributed by atoms with Crippen molar-refractivity contribution in [2.45, 2.75) is 31.4 Å². The molecule has 4 heterocycles. The van der Waals surface area contributed by atoms with Crippen molar-refractivity contribution in [1.82, 2.24) is 24.6 Å². The number of halogens is 5. The van der Waals surface area contributed by atoms with Gasteiger partial charge in [-0.1, -0.05) is 11.6 Å². The first-order valence-electron chi connectivity index (χ1n) is 11.0. The van der Waals surface area contributed by atoms with Gasteiger partial charge < -0.3 is 14.6 Å². The summed E-state index contributed by atoms with van der Waals surface area (Å²) in [5.74, 6) is -4.40. The third-order valence-corrected chi connectivity index (χ3v) is 6.83. The van der Waals surface area contributed by atoms with E-state index in [1.165, 1.54) is 18.6 Å². The SMILES string of the molecule is O=C(Nc1cn2cc(-c3c(Cl)c(F)c(N4CCC(F)(F)CC4)c4[nH]ncc34)ncc2n1)[C@@H]1C[C@@H]1F. The lowest BCUT2D eigenvalue weighted by Gasteiger charge is -2.34. The summed E-state index contributed by atoms with van der Waals surface area (Å²) in [5, 5.41) is 9.64. The molecule has 2 N–H and O–H groups in total. The smallest absolute Gasteiger partial charge is 0.251 e. The Bertz CT molecular complexity index is 1480. The van der Waals surface area contributed by atoms with Crippen LogP contribution in [0.1, 0.15) is 19.3 Å². The number of aromatic amines is 1. The maximum absolute atomic E-state index is 15.6. The minimum absolute atomic E-state index is 0.0224. The number of hydrogen-bond acceptors (Lipinski definition) is 5. The van der Waals surface area contributed by atoms with Crippen LogP contribution in [0.4, 0.5) is 29.1 Å². The summed E-state index contributed by atoms with van der Waals surface area (Å²) < 4.78 is 57.6. The lowest BCUT2D eigenvalue weighted by Crippen LogP contribution is -2.40. The van der Waals surface area contributed by atoms with E-state index in [-0.39, 0.29) is 54.4 Å². The third kappa shape index (κ3) is 3.76. The van der Waals surface area contributed by atoms with Crippen molar-refractivity contribution in [3.63, 3.8) is 0 Å². The van der Waals surface area contributed by atoms with Crippen molar-refractivity contribution in [1.29, 1.82) is 0 Å². The average Bonchev–Trinajstić information content (AvgIpc) is 3.17. The summed E-state index contributed by atoms with van der Waals surface area (Å²) in [6.07, 6.45) is 4.32. The van der Waals surface area contributed by atoms with E-state index in [1.54, 1.807) is 15.5 Å². The highest BCUT2D eigenvalue weighted by Gasteiger charge is 2.44. The molecule has 2 atom stereocenters. The van der Waals surface area contributed by atoms with Crippen molar-refractivity contribution >= 4 is 45.6 Å². The zero-order valence-electron chi connectivity index (χ0n) is 18.0. The standard InChI is InChI=1S/C22H18ClF4N7O/c23-17-16(11-6-29-32-19(11)20(18(17)25)33-3-1-22(26,27)2-4-33)13-8-34-9-14(30-15(34)7-28-13)31-21(35)10-5-12(10)24/h6-10,12H,1-5H2,(H,29,32)(H,31,35)/t10-,12+/m1/s1. The first-order chi connectivity index (χ1) is 16.7. The number of nitrogens with one attached hydrogen (secondary N) is 2. The Morgan fingerprint density at radius 2 is 1.97 bits per heavy atom. The number of alkyl halides is 3. The van der Waals surface area contributed by atoms with Gasteiger partial charge in [0.05, 0.1) is 40.7 Å². The van der Waals surface area contributed by atoms with Gasteiger partial charge in [-0.2, -0.15) is 5.10 Å². The zero-order chi connectivity index (χ0) is 24.5. The molecule has 1 amide bonds. The molecule has 1 aromatic carbocycles. The van der Waals surface area contributed by atoms with Crippen LogP contribution in [0.15, 0.2) is 24.8 Å². The van der Waals surface area contributed by atoms with Crippen molar-refractivity contribution in [3.8, 4) is 11.3 Å². The molecular formula is C22H18ClF4N7O. The highest BCUT2D eigenvalue weighted by molar-refractivity contribution is 6.35. The summed E-state index contributed by atoms with van der Waals surface area (Å²) in [6.45, 7) is -0.0447. The van der Waals surface area contributed by atoms with E-state index >= 15 is 4.39 Å². The predicted octanol–water partition coefficient (Wildman–Crippen LogP) is 4.60. The molecule has 1 saturated heterocycles. The Morgan fingerprint density at radius 3 is 2.69 bits per heavy atom. The summed E-state index contributed by atoms with van der Waals surface area (Å²) in [7, 11) is 0. The highest BCUT2D eigenvalue weighted by Crippen LogP contribution is 2.43. The molecule has 1 aliphatic carbocycles. The van der Waals surface area contributed by atoms with Crippen LogP contribution in [-0.2, 0) is 4.79 Å². The largest absolute Gasteiger partial charge is 0.367 e. The van der Waals surface area contributed by atoms with E-state index < -0.39 is 29.7 Å². The molecule has 2 fully saturated rings. The second kappa shape index (κ2) is 7.80. The molecule has 13 heteroatoms. The summed E-state index contributed by atoms with van der Waals surface area (Å²) in [5.41, 5.74) is 1.42. The lowest BCUT2D eigenvalue weighted by atomic mass is 10.0. The van der Waals surface area contributed by atoms with Gasteiger partial charge in [0.15, 0.2) is 17.3 Å². The van der Waals surface area contributed by atoms with Gasteiger partial charge in [0, 0.05) is 43.1 Å². The number of aromatic nitrogens is 5. The first kappa shape index (κ1) is 22.1. The van der Waals surface area contributed by atoms with Gasteiger partial charge in [-0.15, -0.1) is 0 Å². The molecule has 0 radical (unpaired) electrons. The van der Waals surface area contributed by atoms with E-state index in [9.17, 15) is 18.0 Å². The fourth-order valence-electron chi connectivity index (χ4n) is 4.45. The van der Waals surface area contributed by atoms with E-state index in [2.05, 4.69) is 25.5 Å². The summed E-state index contributed by atoms with van der Waals surface area (Å²) in [6, 6.07) is 0. The molecule has 1 aliphatic heterocycles. The quantitative estimate of drug-likeness (QED) is 0.394. The number of hydrogen-bond donors (Lipinski definition) is 2. The molecule has 0 unspecified atom stereocenters. The van der Waals surface area contributed by atoms with Crippen LogP contribution < -0.4 is 10.2 Å². The van der Waals surface area contributed by atoms with E-state index in [4.69, 9.17) is 11.6 Å². The van der Waals surface area contributed by atoms with Crippen molar-refractivity contribution in [2.24, 2.45) is 5.92 Å². The number of nitrogens with zero attached hydrogens (tertiary/aromatic N) is 5. The number of carbonyl (C=O) groups excluding carboxylic acids is 1. The average molecular weight is 508 g/mol. The maximum Gasteiger partial charge on any atom is 0.251 e. The molecule has 4 aromatic rings. The van der Waals surface area contributed by atoms with Crippen molar-refractivity contribution in [3.05, 3.63) is 35.6 Å². The molecule has 8 nitrogen and oxygen atoms in total. The minimum atomic E-state index is -2.78. The van der Waals surface area contributed by atoms with Gasteiger partial charge >= 0.3 is 0 Å². The number of piperidine rings is 1. The number of rotatable bonds is 4. The van der Waals surface area contributed by atoms with Crippen LogP contribution in [0.25, 0.3) is 27.8 Å². The molecule has 2 aliphatic rings. The fraction of sp³-hybridized carbons (Fsp3) is 0.364. The fourth-order valence-corrected chi connectivity index (χ4v) is 4.73. The Morgan fingerprint density at radius 1 is 1.23 bits per heavy atom. The summed E-state index contributed by atoms with van der Waals surface area (Å²) >= 11 is 6.48. The van der Waals surface area contributed by atoms with Gasteiger partial charge in [0.1, 0.15) is 11.9 Å². The number of imidazole rings is 1. The summed E-state index contributed by atoms with van der Waals surface area (Å²) in [4.78, 5) is 22.2. The number of fused-ring (bicyclic) bond motifs is 2. The lowest BCUT2D eigenvalue weighted by molar-refractivity contribution is -0.117. The van der Waals surface area contributed by atoms with Gasteiger partial charge in [0.2, 0.25) is 5.91 Å². The zero-order valence-corrected chi connectivity index (χ0v) is 18.8. The van der Waals surface area contributed by atoms with Crippen LogP contribution in [-0.4, -0.2) is 55.7 Å². The molecule has 182 valence electrons. The van der Waals surface area contributed by atoms with Crippen LogP contribution in [0.2, 0.25) is 5.02 Å². The molecule has 0 spiro atoms. The molecular weight excluding hydrogens is 490 g/mol. The van der Waals surface area contributed by atoms with Gasteiger partial charge in [-0.25, -0.2) is 22.5 Å². The van der Waals surface area contributed by atoms with Crippen LogP contribution >= 0.6 is 11.6 Å². The topological polar surface area (TPSA) is 91.2 Å². The molecule has 1 saturated carbocycles. The van der Waals surface area contributed by atoms with E-state index in [1.807, 2.05) is 0 Å². The minimum Gasteiger partial charge on any atom is -0.367 e. The number of anilines is 2. The van der Waals surface area contributed by atoms with Crippen molar-refractivity contribution < 1.29 is 22.4 Å². The Labute approximate surface area is 200 Å².